The van der Waals surface area contributed by atoms with Crippen molar-refractivity contribution in [1.29, 1.82) is 0 Å². The Morgan fingerprint density at radius 2 is 1.84 bits per heavy atom. The predicted octanol–water partition coefficient (Wildman–Crippen LogP) is 4.50. The number of carbonyl (C=O) groups is 1. The van der Waals surface area contributed by atoms with E-state index >= 15 is 0 Å². The second kappa shape index (κ2) is 9.88. The smallest absolute Gasteiger partial charge is 0.220 e. The van der Waals surface area contributed by atoms with Crippen LogP contribution in [0.4, 0.5) is 4.39 Å². The van der Waals surface area contributed by atoms with E-state index in [0.717, 1.165) is 49.4 Å². The van der Waals surface area contributed by atoms with Crippen LogP contribution in [-0.4, -0.2) is 34.9 Å². The molecule has 1 saturated heterocycles. The summed E-state index contributed by atoms with van der Waals surface area (Å²) in [6.07, 6.45) is 4.41. The maximum atomic E-state index is 13.0. The van der Waals surface area contributed by atoms with E-state index in [1.807, 2.05) is 43.3 Å². The van der Waals surface area contributed by atoms with Crippen molar-refractivity contribution in [2.24, 2.45) is 0 Å². The van der Waals surface area contributed by atoms with Gasteiger partial charge in [-0.25, -0.2) is 9.37 Å². The third-order valence-corrected chi connectivity index (χ3v) is 5.73. The van der Waals surface area contributed by atoms with Gasteiger partial charge in [-0.1, -0.05) is 42.0 Å². The fourth-order valence-corrected chi connectivity index (χ4v) is 3.88. The van der Waals surface area contributed by atoms with Gasteiger partial charge in [0.15, 0.2) is 11.7 Å². The number of hydrogen-bond donors (Lipinski definition) is 1. The Morgan fingerprint density at radius 3 is 2.55 bits per heavy atom. The topological polar surface area (TPSA) is 58.4 Å². The van der Waals surface area contributed by atoms with Gasteiger partial charge in [0, 0.05) is 44.1 Å². The molecule has 31 heavy (non-hydrogen) atoms. The molecular weight excluding hydrogens is 393 g/mol. The number of hydrogen-bond acceptors (Lipinski definition) is 4. The van der Waals surface area contributed by atoms with Crippen LogP contribution in [0, 0.1) is 12.7 Å². The average Bonchev–Trinajstić information content (AvgIpc) is 3.25. The summed E-state index contributed by atoms with van der Waals surface area (Å²) >= 11 is 0. The minimum Gasteiger partial charge on any atom is -0.441 e. The number of piperidine rings is 1. The van der Waals surface area contributed by atoms with Crippen molar-refractivity contribution < 1.29 is 13.6 Å². The lowest BCUT2D eigenvalue weighted by Crippen LogP contribution is -2.44. The normalized spacial score (nSPS) is 15.2. The largest absolute Gasteiger partial charge is 0.441 e. The lowest BCUT2D eigenvalue weighted by molar-refractivity contribution is -0.122. The first kappa shape index (κ1) is 21.2. The molecule has 1 aliphatic heterocycles. The summed E-state index contributed by atoms with van der Waals surface area (Å²) in [5, 5.41) is 3.14. The van der Waals surface area contributed by atoms with E-state index in [2.05, 4.69) is 15.2 Å². The van der Waals surface area contributed by atoms with Gasteiger partial charge in [-0.3, -0.25) is 9.69 Å². The number of rotatable bonds is 7. The van der Waals surface area contributed by atoms with Crippen LogP contribution in [0.2, 0.25) is 0 Å². The molecule has 1 aromatic heterocycles. The summed E-state index contributed by atoms with van der Waals surface area (Å²) in [6.45, 7) is 4.70. The van der Waals surface area contributed by atoms with Gasteiger partial charge >= 0.3 is 0 Å². The second-order valence-electron chi connectivity index (χ2n) is 8.23. The molecule has 0 saturated carbocycles. The minimum atomic E-state index is -0.207. The quantitative estimate of drug-likeness (QED) is 0.610. The van der Waals surface area contributed by atoms with Gasteiger partial charge in [0.25, 0.3) is 0 Å². The minimum absolute atomic E-state index is 0.0343. The fourth-order valence-electron chi connectivity index (χ4n) is 3.88. The number of aromatic nitrogens is 1. The first-order chi connectivity index (χ1) is 15.0. The van der Waals surface area contributed by atoms with E-state index in [-0.39, 0.29) is 17.8 Å². The summed E-state index contributed by atoms with van der Waals surface area (Å²) in [7, 11) is 0. The second-order valence-corrected chi connectivity index (χ2v) is 8.23. The molecule has 0 atom stereocenters. The van der Waals surface area contributed by atoms with Crippen LogP contribution in [0.15, 0.2) is 59.1 Å². The maximum Gasteiger partial charge on any atom is 0.220 e. The van der Waals surface area contributed by atoms with Crippen molar-refractivity contribution in [2.75, 3.05) is 13.1 Å². The van der Waals surface area contributed by atoms with Crippen molar-refractivity contribution in [3.63, 3.8) is 0 Å². The molecular formula is C25H28FN3O2. The highest BCUT2D eigenvalue weighted by atomic mass is 19.1. The van der Waals surface area contributed by atoms with Crippen molar-refractivity contribution >= 4 is 5.91 Å². The zero-order valence-corrected chi connectivity index (χ0v) is 17.8. The molecule has 1 fully saturated rings. The number of halogens is 1. The first-order valence-corrected chi connectivity index (χ1v) is 10.8. The number of nitrogens with one attached hydrogen (secondary N) is 1. The Hall–Kier alpha value is -2.99. The molecule has 0 unspecified atom stereocenters. The van der Waals surface area contributed by atoms with E-state index in [9.17, 15) is 9.18 Å². The molecule has 2 aromatic carbocycles. The summed E-state index contributed by atoms with van der Waals surface area (Å²) < 4.78 is 18.8. The molecule has 162 valence electrons. The number of carbonyl (C=O) groups excluding carboxylic acids is 1. The van der Waals surface area contributed by atoms with Crippen LogP contribution < -0.4 is 5.32 Å². The standard InChI is InChI=1S/C25H28FN3O2/c1-18-2-6-20(7-3-18)23-16-27-25(31-23)11-10-24(30)28-22-12-14-29(15-13-22)17-19-4-8-21(26)9-5-19/h2-9,16,22H,10-15,17H2,1H3,(H,28,30). The van der Waals surface area contributed by atoms with Crippen LogP contribution in [0.1, 0.15) is 36.3 Å². The van der Waals surface area contributed by atoms with Gasteiger partial charge in [0.05, 0.1) is 6.20 Å². The summed E-state index contributed by atoms with van der Waals surface area (Å²) in [5.74, 6) is 1.14. The number of nitrogens with zero attached hydrogens (tertiary/aromatic N) is 2. The summed E-state index contributed by atoms with van der Waals surface area (Å²) in [5.41, 5.74) is 3.29. The number of likely N-dealkylation sites (tertiary alicyclic amines) is 1. The molecule has 1 amide bonds. The fraction of sp³-hybridized carbons (Fsp3) is 0.360. The maximum absolute atomic E-state index is 13.0. The molecule has 6 heteroatoms. The zero-order valence-electron chi connectivity index (χ0n) is 17.8. The van der Waals surface area contributed by atoms with E-state index in [1.165, 1.54) is 17.7 Å². The molecule has 1 N–H and O–H groups in total. The molecule has 0 aliphatic carbocycles. The van der Waals surface area contributed by atoms with Crippen molar-refractivity contribution in [1.82, 2.24) is 15.2 Å². The van der Waals surface area contributed by atoms with E-state index < -0.39 is 0 Å². The zero-order chi connectivity index (χ0) is 21.6. The van der Waals surface area contributed by atoms with Crippen molar-refractivity contribution in [3.05, 3.63) is 77.6 Å². The van der Waals surface area contributed by atoms with Crippen LogP contribution >= 0.6 is 0 Å². The average molecular weight is 422 g/mol. The summed E-state index contributed by atoms with van der Waals surface area (Å²) in [6, 6.07) is 15.0. The molecule has 5 nitrogen and oxygen atoms in total. The van der Waals surface area contributed by atoms with Gasteiger partial charge in [-0.2, -0.15) is 0 Å². The van der Waals surface area contributed by atoms with Crippen molar-refractivity contribution in [2.45, 2.75) is 45.2 Å². The SMILES string of the molecule is Cc1ccc(-c2cnc(CCC(=O)NC3CCN(Cc4ccc(F)cc4)CC3)o2)cc1. The van der Waals surface area contributed by atoms with E-state index in [0.29, 0.717) is 18.7 Å². The number of benzene rings is 2. The van der Waals surface area contributed by atoms with Gasteiger partial charge in [0.2, 0.25) is 5.91 Å². The van der Waals surface area contributed by atoms with Crippen LogP contribution in [-0.2, 0) is 17.8 Å². The monoisotopic (exact) mass is 421 g/mol. The summed E-state index contributed by atoms with van der Waals surface area (Å²) in [4.78, 5) is 19.0. The molecule has 1 aliphatic rings. The van der Waals surface area contributed by atoms with Gasteiger partial charge in [0.1, 0.15) is 5.82 Å². The van der Waals surface area contributed by atoms with Crippen LogP contribution in [0.5, 0.6) is 0 Å². The van der Waals surface area contributed by atoms with Crippen LogP contribution in [0.3, 0.4) is 0 Å². The van der Waals surface area contributed by atoms with E-state index in [4.69, 9.17) is 4.42 Å². The number of oxazole rings is 1. The molecule has 0 bridgehead atoms. The highest BCUT2D eigenvalue weighted by molar-refractivity contribution is 5.76. The molecule has 3 aromatic rings. The molecule has 0 spiro atoms. The molecule has 4 rings (SSSR count). The lowest BCUT2D eigenvalue weighted by atomic mass is 10.0. The third kappa shape index (κ3) is 6.01. The highest BCUT2D eigenvalue weighted by Gasteiger charge is 2.21. The van der Waals surface area contributed by atoms with Gasteiger partial charge in [-0.15, -0.1) is 0 Å². The van der Waals surface area contributed by atoms with Gasteiger partial charge in [-0.05, 0) is 37.5 Å². The van der Waals surface area contributed by atoms with Crippen LogP contribution in [0.25, 0.3) is 11.3 Å². The van der Waals surface area contributed by atoms with Crippen molar-refractivity contribution in [3.8, 4) is 11.3 Å². The Morgan fingerprint density at radius 1 is 1.13 bits per heavy atom. The van der Waals surface area contributed by atoms with E-state index in [1.54, 1.807) is 6.20 Å². The number of amides is 1. The Balaban J connectivity index is 1.19. The Bertz CT molecular complexity index is 990. The predicted molar refractivity (Wildman–Crippen MR) is 118 cm³/mol. The highest BCUT2D eigenvalue weighted by Crippen LogP contribution is 2.21. The lowest BCUT2D eigenvalue weighted by Gasteiger charge is -2.32. The number of aryl methyl sites for hydroxylation is 2. The first-order valence-electron chi connectivity index (χ1n) is 10.8. The molecule has 2 heterocycles. The third-order valence-electron chi connectivity index (χ3n) is 5.73. The Labute approximate surface area is 182 Å². The van der Waals surface area contributed by atoms with Gasteiger partial charge < -0.3 is 9.73 Å². The molecule has 0 radical (unpaired) electrons. The Kier molecular flexibility index (Phi) is 6.77.